The Bertz CT molecular complexity index is 452. The van der Waals surface area contributed by atoms with Gasteiger partial charge in [-0.25, -0.2) is 0 Å². The number of halogens is 1. The molecule has 1 aromatic carbocycles. The standard InChI is InChI=1S/C15H20ClNO3/c1-19-15(18)12-5-4-8-17(11-12)9-10-20-14-7-3-2-6-13(14)16/h2-3,6-7,12H,4-5,8-11H2,1H3. The number of benzene rings is 1. The van der Waals surface area contributed by atoms with Gasteiger partial charge >= 0.3 is 5.97 Å². The van der Waals surface area contributed by atoms with Crippen LogP contribution in [0.2, 0.25) is 5.02 Å². The fraction of sp³-hybridized carbons (Fsp3) is 0.533. The third-order valence-electron chi connectivity index (χ3n) is 3.54. The van der Waals surface area contributed by atoms with Crippen LogP contribution in [0.3, 0.4) is 0 Å². The molecular formula is C15H20ClNO3. The lowest BCUT2D eigenvalue weighted by molar-refractivity contribution is -0.147. The van der Waals surface area contributed by atoms with Gasteiger partial charge in [-0.15, -0.1) is 0 Å². The van der Waals surface area contributed by atoms with E-state index >= 15 is 0 Å². The Balaban J connectivity index is 1.77. The van der Waals surface area contributed by atoms with Gasteiger partial charge in [-0.3, -0.25) is 9.69 Å². The van der Waals surface area contributed by atoms with Crippen molar-refractivity contribution in [1.82, 2.24) is 4.90 Å². The summed E-state index contributed by atoms with van der Waals surface area (Å²) in [4.78, 5) is 13.8. The molecule has 0 saturated carbocycles. The maximum atomic E-state index is 11.6. The number of carbonyl (C=O) groups excluding carboxylic acids is 1. The summed E-state index contributed by atoms with van der Waals surface area (Å²) in [5.74, 6) is 0.589. The van der Waals surface area contributed by atoms with Gasteiger partial charge < -0.3 is 9.47 Å². The highest BCUT2D eigenvalue weighted by atomic mass is 35.5. The SMILES string of the molecule is COC(=O)C1CCCN(CCOc2ccccc2Cl)C1. The van der Waals surface area contributed by atoms with E-state index < -0.39 is 0 Å². The van der Waals surface area contributed by atoms with E-state index in [1.807, 2.05) is 24.3 Å². The number of ether oxygens (including phenoxy) is 2. The maximum Gasteiger partial charge on any atom is 0.309 e. The molecule has 0 bridgehead atoms. The molecule has 2 rings (SSSR count). The van der Waals surface area contributed by atoms with Crippen molar-refractivity contribution in [3.8, 4) is 5.75 Å². The van der Waals surface area contributed by atoms with E-state index in [0.717, 1.165) is 32.5 Å². The lowest BCUT2D eigenvalue weighted by Crippen LogP contribution is -2.41. The molecule has 1 unspecified atom stereocenters. The van der Waals surface area contributed by atoms with Crippen molar-refractivity contribution in [2.75, 3.05) is 33.4 Å². The molecule has 0 radical (unpaired) electrons. The second-order valence-electron chi connectivity index (χ2n) is 4.94. The first kappa shape index (κ1) is 15.1. The van der Waals surface area contributed by atoms with Crippen LogP contribution in [0.25, 0.3) is 0 Å². The van der Waals surface area contributed by atoms with Gasteiger partial charge in [0, 0.05) is 13.1 Å². The molecule has 0 aliphatic carbocycles. The number of hydrogen-bond donors (Lipinski definition) is 0. The van der Waals surface area contributed by atoms with Crippen LogP contribution in [0.1, 0.15) is 12.8 Å². The van der Waals surface area contributed by atoms with Crippen molar-refractivity contribution in [3.05, 3.63) is 29.3 Å². The molecule has 1 saturated heterocycles. The average Bonchev–Trinajstić information content (AvgIpc) is 2.49. The Morgan fingerprint density at radius 1 is 1.45 bits per heavy atom. The van der Waals surface area contributed by atoms with Crippen LogP contribution in [0.15, 0.2) is 24.3 Å². The molecule has 1 aromatic rings. The normalized spacial score (nSPS) is 19.6. The zero-order valence-electron chi connectivity index (χ0n) is 11.7. The molecule has 110 valence electrons. The largest absolute Gasteiger partial charge is 0.491 e. The second-order valence-corrected chi connectivity index (χ2v) is 5.35. The first-order valence-corrected chi connectivity index (χ1v) is 7.26. The molecule has 1 heterocycles. The molecule has 1 atom stereocenters. The minimum absolute atomic E-state index is 0.00550. The summed E-state index contributed by atoms with van der Waals surface area (Å²) in [6.45, 7) is 3.11. The Kier molecular flexibility index (Phi) is 5.68. The minimum Gasteiger partial charge on any atom is -0.491 e. The summed E-state index contributed by atoms with van der Waals surface area (Å²) in [7, 11) is 1.45. The number of piperidine rings is 1. The summed E-state index contributed by atoms with van der Waals surface area (Å²) >= 11 is 6.03. The highest BCUT2D eigenvalue weighted by Crippen LogP contribution is 2.23. The number of carbonyl (C=O) groups is 1. The minimum atomic E-state index is -0.110. The Morgan fingerprint density at radius 3 is 3.00 bits per heavy atom. The predicted molar refractivity (Wildman–Crippen MR) is 78.1 cm³/mol. The van der Waals surface area contributed by atoms with E-state index in [0.29, 0.717) is 17.4 Å². The molecule has 1 fully saturated rings. The third kappa shape index (κ3) is 4.12. The van der Waals surface area contributed by atoms with Gasteiger partial charge in [-0.1, -0.05) is 23.7 Å². The van der Waals surface area contributed by atoms with E-state index in [4.69, 9.17) is 21.1 Å². The number of likely N-dealkylation sites (tertiary alicyclic amines) is 1. The number of hydrogen-bond acceptors (Lipinski definition) is 4. The zero-order chi connectivity index (χ0) is 14.4. The summed E-state index contributed by atoms with van der Waals surface area (Å²) < 4.78 is 10.5. The van der Waals surface area contributed by atoms with Crippen molar-refractivity contribution in [2.24, 2.45) is 5.92 Å². The molecule has 0 amide bonds. The first-order valence-electron chi connectivity index (χ1n) is 6.88. The fourth-order valence-corrected chi connectivity index (χ4v) is 2.65. The van der Waals surface area contributed by atoms with Crippen molar-refractivity contribution in [3.63, 3.8) is 0 Å². The van der Waals surface area contributed by atoms with Crippen molar-refractivity contribution in [1.29, 1.82) is 0 Å². The molecule has 4 nitrogen and oxygen atoms in total. The van der Waals surface area contributed by atoms with Crippen LogP contribution in [0.4, 0.5) is 0 Å². The van der Waals surface area contributed by atoms with E-state index in [1.165, 1.54) is 7.11 Å². The third-order valence-corrected chi connectivity index (χ3v) is 3.85. The van der Waals surface area contributed by atoms with Gasteiger partial charge in [0.1, 0.15) is 12.4 Å². The van der Waals surface area contributed by atoms with E-state index in [9.17, 15) is 4.79 Å². The van der Waals surface area contributed by atoms with Crippen LogP contribution >= 0.6 is 11.6 Å². The fourth-order valence-electron chi connectivity index (χ4n) is 2.46. The molecule has 0 spiro atoms. The van der Waals surface area contributed by atoms with Crippen LogP contribution < -0.4 is 4.74 Å². The summed E-state index contributed by atoms with van der Waals surface area (Å²) in [5.41, 5.74) is 0. The number of nitrogens with zero attached hydrogens (tertiary/aromatic N) is 1. The van der Waals surface area contributed by atoms with Crippen LogP contribution in [0.5, 0.6) is 5.75 Å². The van der Waals surface area contributed by atoms with Gasteiger partial charge in [-0.05, 0) is 31.5 Å². The predicted octanol–water partition coefficient (Wildman–Crippen LogP) is 2.60. The molecule has 20 heavy (non-hydrogen) atoms. The molecule has 1 aliphatic heterocycles. The van der Waals surface area contributed by atoms with Gasteiger partial charge in [0.25, 0.3) is 0 Å². The van der Waals surface area contributed by atoms with E-state index in [1.54, 1.807) is 0 Å². The van der Waals surface area contributed by atoms with Crippen LogP contribution in [-0.4, -0.2) is 44.2 Å². The molecular weight excluding hydrogens is 278 g/mol. The summed E-state index contributed by atoms with van der Waals surface area (Å²) in [6.07, 6.45) is 1.93. The smallest absolute Gasteiger partial charge is 0.309 e. The number of esters is 1. The quantitative estimate of drug-likeness (QED) is 0.783. The van der Waals surface area contributed by atoms with Gasteiger partial charge in [-0.2, -0.15) is 0 Å². The lowest BCUT2D eigenvalue weighted by atomic mass is 9.98. The highest BCUT2D eigenvalue weighted by molar-refractivity contribution is 6.32. The molecule has 5 heteroatoms. The van der Waals surface area contributed by atoms with Crippen molar-refractivity contribution < 1.29 is 14.3 Å². The van der Waals surface area contributed by atoms with E-state index in [-0.39, 0.29) is 11.9 Å². The van der Waals surface area contributed by atoms with Crippen molar-refractivity contribution in [2.45, 2.75) is 12.8 Å². The first-order chi connectivity index (χ1) is 9.70. The number of para-hydroxylation sites is 1. The van der Waals surface area contributed by atoms with Gasteiger partial charge in [0.2, 0.25) is 0 Å². The molecule has 1 aliphatic rings. The Morgan fingerprint density at radius 2 is 2.25 bits per heavy atom. The zero-order valence-corrected chi connectivity index (χ0v) is 12.4. The summed E-state index contributed by atoms with van der Waals surface area (Å²) in [6, 6.07) is 7.44. The second kappa shape index (κ2) is 7.50. The maximum absolute atomic E-state index is 11.6. The molecule has 0 aromatic heterocycles. The number of rotatable bonds is 5. The average molecular weight is 298 g/mol. The Labute approximate surface area is 124 Å². The summed E-state index contributed by atoms with van der Waals surface area (Å²) in [5, 5.41) is 0.624. The van der Waals surface area contributed by atoms with Gasteiger partial charge in [0.15, 0.2) is 0 Å². The highest BCUT2D eigenvalue weighted by Gasteiger charge is 2.26. The Hall–Kier alpha value is -1.26. The van der Waals surface area contributed by atoms with Crippen LogP contribution in [0, 0.1) is 5.92 Å². The molecule has 0 N–H and O–H groups in total. The topological polar surface area (TPSA) is 38.8 Å². The monoisotopic (exact) mass is 297 g/mol. The lowest BCUT2D eigenvalue weighted by Gasteiger charge is -2.31. The van der Waals surface area contributed by atoms with Crippen molar-refractivity contribution >= 4 is 17.6 Å². The van der Waals surface area contributed by atoms with E-state index in [2.05, 4.69) is 4.90 Å². The van der Waals surface area contributed by atoms with Gasteiger partial charge in [0.05, 0.1) is 18.1 Å². The van der Waals surface area contributed by atoms with Crippen LogP contribution in [-0.2, 0) is 9.53 Å². The number of methoxy groups -OCH3 is 1.